The highest BCUT2D eigenvalue weighted by Crippen LogP contribution is 2.35. The first-order valence-corrected chi connectivity index (χ1v) is 6.53. The maximum Gasteiger partial charge on any atom is 0.346 e. The normalized spacial score (nSPS) is 12.5. The predicted octanol–water partition coefficient (Wildman–Crippen LogP) is 1.64. The molecule has 1 aromatic heterocycles. The fraction of sp³-hybridized carbons (Fsp3) is 0.214. The van der Waals surface area contributed by atoms with Gasteiger partial charge in [0.2, 0.25) is 0 Å². The third-order valence-electron chi connectivity index (χ3n) is 3.02. The SMILES string of the molecule is Cc1ccc(=S)n(-c2cccc(C(O)(O)F)c2C(O)(O)F)c1. The maximum absolute atomic E-state index is 13.8. The van der Waals surface area contributed by atoms with Crippen LogP contribution in [0.1, 0.15) is 16.7 Å². The van der Waals surface area contributed by atoms with E-state index in [1.165, 1.54) is 29.0 Å². The van der Waals surface area contributed by atoms with Crippen LogP contribution in [0.5, 0.6) is 0 Å². The molecule has 4 N–H and O–H groups in total. The molecular formula is C14H13F2NO4S. The van der Waals surface area contributed by atoms with E-state index < -0.39 is 23.2 Å². The molecule has 2 aromatic rings. The summed E-state index contributed by atoms with van der Waals surface area (Å²) in [6, 6.07) is -1.52. The van der Waals surface area contributed by atoms with Crippen LogP contribution in [0.25, 0.3) is 5.69 Å². The van der Waals surface area contributed by atoms with Gasteiger partial charge in [0, 0.05) is 6.20 Å². The second-order valence-electron chi connectivity index (χ2n) is 4.79. The van der Waals surface area contributed by atoms with E-state index in [2.05, 4.69) is 0 Å². The van der Waals surface area contributed by atoms with Gasteiger partial charge in [0.25, 0.3) is 0 Å². The molecule has 1 aromatic carbocycles. The molecule has 0 saturated carbocycles. The van der Waals surface area contributed by atoms with Crippen molar-refractivity contribution in [1.29, 1.82) is 0 Å². The Kier molecular flexibility index (Phi) is 4.16. The molecule has 0 unspecified atom stereocenters. The Morgan fingerprint density at radius 2 is 1.64 bits per heavy atom. The van der Waals surface area contributed by atoms with E-state index in [0.717, 1.165) is 6.07 Å². The highest BCUT2D eigenvalue weighted by molar-refractivity contribution is 7.71. The molecule has 0 saturated heterocycles. The standard InChI is InChI=1S/C14H13F2NO4S/c1-8-5-6-11(22)17(7-8)10-4-2-3-9(13(15,18)19)12(10)14(16,20)21/h2-7,18-21H,1H3. The zero-order valence-electron chi connectivity index (χ0n) is 11.4. The summed E-state index contributed by atoms with van der Waals surface area (Å²) >= 11 is 5.07. The van der Waals surface area contributed by atoms with Crippen LogP contribution in [-0.2, 0) is 12.1 Å². The second kappa shape index (κ2) is 5.49. The van der Waals surface area contributed by atoms with E-state index in [1.807, 2.05) is 0 Å². The Morgan fingerprint density at radius 1 is 1.00 bits per heavy atom. The van der Waals surface area contributed by atoms with E-state index in [-0.39, 0.29) is 10.3 Å². The molecule has 118 valence electrons. The van der Waals surface area contributed by atoms with Crippen molar-refractivity contribution in [3.63, 3.8) is 0 Å². The van der Waals surface area contributed by atoms with Gasteiger partial charge in [0.15, 0.2) is 0 Å². The van der Waals surface area contributed by atoms with Gasteiger partial charge in [0.05, 0.1) is 16.8 Å². The summed E-state index contributed by atoms with van der Waals surface area (Å²) in [5.74, 6) is 0. The minimum Gasteiger partial charge on any atom is -0.336 e. The molecule has 0 fully saturated rings. The van der Waals surface area contributed by atoms with E-state index >= 15 is 0 Å². The number of benzene rings is 1. The van der Waals surface area contributed by atoms with Crippen molar-refractivity contribution in [1.82, 2.24) is 4.57 Å². The van der Waals surface area contributed by atoms with Gasteiger partial charge in [-0.1, -0.05) is 24.4 Å². The minimum atomic E-state index is -4.01. The fourth-order valence-corrected chi connectivity index (χ4v) is 2.34. The third kappa shape index (κ3) is 3.21. The molecule has 0 aliphatic rings. The lowest BCUT2D eigenvalue weighted by Crippen LogP contribution is -2.29. The molecule has 0 aliphatic carbocycles. The van der Waals surface area contributed by atoms with Gasteiger partial charge < -0.3 is 25.0 Å². The number of halogens is 2. The molecule has 0 spiro atoms. The molecule has 0 radical (unpaired) electrons. The summed E-state index contributed by atoms with van der Waals surface area (Å²) in [6.07, 6.45) is 1.46. The highest BCUT2D eigenvalue weighted by atomic mass is 32.1. The molecule has 8 heteroatoms. The summed E-state index contributed by atoms with van der Waals surface area (Å²) in [6.45, 7) is 1.72. The van der Waals surface area contributed by atoms with Crippen LogP contribution >= 0.6 is 12.2 Å². The maximum atomic E-state index is 13.8. The Hall–Kier alpha value is -1.71. The monoisotopic (exact) mass is 329 g/mol. The highest BCUT2D eigenvalue weighted by Gasteiger charge is 2.39. The van der Waals surface area contributed by atoms with Crippen LogP contribution in [0.3, 0.4) is 0 Å². The van der Waals surface area contributed by atoms with Gasteiger partial charge in [0.1, 0.15) is 4.64 Å². The Bertz CT molecular complexity index is 763. The molecule has 1 heterocycles. The van der Waals surface area contributed by atoms with E-state index in [1.54, 1.807) is 13.0 Å². The molecule has 0 atom stereocenters. The van der Waals surface area contributed by atoms with Gasteiger partial charge in [-0.3, -0.25) is 0 Å². The average molecular weight is 329 g/mol. The number of rotatable bonds is 3. The van der Waals surface area contributed by atoms with Crippen molar-refractivity contribution in [2.24, 2.45) is 0 Å². The topological polar surface area (TPSA) is 85.9 Å². The Morgan fingerprint density at radius 3 is 2.18 bits per heavy atom. The van der Waals surface area contributed by atoms with Crippen molar-refractivity contribution < 1.29 is 29.2 Å². The molecule has 0 bridgehead atoms. The predicted molar refractivity (Wildman–Crippen MR) is 75.8 cm³/mol. The number of aliphatic hydroxyl groups is 4. The smallest absolute Gasteiger partial charge is 0.336 e. The first kappa shape index (κ1) is 16.7. The van der Waals surface area contributed by atoms with Crippen molar-refractivity contribution in [2.75, 3.05) is 0 Å². The summed E-state index contributed by atoms with van der Waals surface area (Å²) in [4.78, 5) is 0. The molecule has 0 aliphatic heterocycles. The van der Waals surface area contributed by atoms with Gasteiger partial charge in [-0.15, -0.1) is 0 Å². The lowest BCUT2D eigenvalue weighted by atomic mass is 10.0. The minimum absolute atomic E-state index is 0.175. The van der Waals surface area contributed by atoms with Gasteiger partial charge in [-0.25, -0.2) is 0 Å². The Labute approximate surface area is 129 Å². The van der Waals surface area contributed by atoms with Crippen LogP contribution in [0.2, 0.25) is 0 Å². The van der Waals surface area contributed by atoms with E-state index in [9.17, 15) is 19.0 Å². The van der Waals surface area contributed by atoms with Crippen LogP contribution < -0.4 is 0 Å². The zero-order valence-corrected chi connectivity index (χ0v) is 12.2. The number of aromatic nitrogens is 1. The molecule has 0 amide bonds. The van der Waals surface area contributed by atoms with Crippen molar-refractivity contribution in [3.8, 4) is 5.69 Å². The van der Waals surface area contributed by atoms with E-state index in [4.69, 9.17) is 22.4 Å². The van der Waals surface area contributed by atoms with Crippen LogP contribution in [0.4, 0.5) is 8.78 Å². The summed E-state index contributed by atoms with van der Waals surface area (Å²) in [5.41, 5.74) is -1.61. The summed E-state index contributed by atoms with van der Waals surface area (Å²) in [5, 5.41) is 36.8. The zero-order chi connectivity index (χ0) is 16.7. The fourth-order valence-electron chi connectivity index (χ4n) is 2.12. The number of hydrogen-bond donors (Lipinski definition) is 4. The first-order valence-electron chi connectivity index (χ1n) is 6.13. The van der Waals surface area contributed by atoms with Gasteiger partial charge in [-0.05, 0) is 30.7 Å². The number of alkyl halides is 2. The summed E-state index contributed by atoms with van der Waals surface area (Å²) in [7, 11) is 0. The lowest BCUT2D eigenvalue weighted by Gasteiger charge is -2.24. The quantitative estimate of drug-likeness (QED) is 0.508. The Balaban J connectivity index is 2.88. The third-order valence-corrected chi connectivity index (χ3v) is 3.35. The van der Waals surface area contributed by atoms with Crippen molar-refractivity contribution in [2.45, 2.75) is 19.0 Å². The van der Waals surface area contributed by atoms with Gasteiger partial charge in [-0.2, -0.15) is 8.78 Å². The second-order valence-corrected chi connectivity index (χ2v) is 5.21. The average Bonchev–Trinajstić information content (AvgIpc) is 2.38. The van der Waals surface area contributed by atoms with Gasteiger partial charge >= 0.3 is 12.1 Å². The number of hydrogen-bond acceptors (Lipinski definition) is 5. The molecule has 2 rings (SSSR count). The van der Waals surface area contributed by atoms with E-state index in [0.29, 0.717) is 5.56 Å². The lowest BCUT2D eigenvalue weighted by molar-refractivity contribution is -0.290. The van der Waals surface area contributed by atoms with Crippen LogP contribution in [0.15, 0.2) is 36.5 Å². The number of nitrogens with zero attached hydrogens (tertiary/aromatic N) is 1. The number of aryl methyl sites for hydroxylation is 1. The van der Waals surface area contributed by atoms with Crippen LogP contribution in [0, 0.1) is 11.6 Å². The van der Waals surface area contributed by atoms with Crippen molar-refractivity contribution >= 4 is 12.2 Å². The molecular weight excluding hydrogens is 316 g/mol. The molecule has 5 nitrogen and oxygen atoms in total. The number of pyridine rings is 1. The first-order chi connectivity index (χ1) is 10.0. The van der Waals surface area contributed by atoms with Crippen molar-refractivity contribution in [3.05, 3.63) is 57.9 Å². The summed E-state index contributed by atoms with van der Waals surface area (Å²) < 4.78 is 28.6. The molecule has 22 heavy (non-hydrogen) atoms. The van der Waals surface area contributed by atoms with Crippen LogP contribution in [-0.4, -0.2) is 25.0 Å². The largest absolute Gasteiger partial charge is 0.346 e.